The van der Waals surface area contributed by atoms with Gasteiger partial charge < -0.3 is 4.74 Å². The van der Waals surface area contributed by atoms with E-state index in [4.69, 9.17) is 4.74 Å². The van der Waals surface area contributed by atoms with Gasteiger partial charge >= 0.3 is 24.5 Å². The second-order valence-corrected chi connectivity index (χ2v) is 10.9. The summed E-state index contributed by atoms with van der Waals surface area (Å²) in [6.07, 6.45) is -7.61. The smallest absolute Gasteiger partial charge is 0.416 e. The van der Waals surface area contributed by atoms with Crippen LogP contribution in [0.4, 0.5) is 39.5 Å². The van der Waals surface area contributed by atoms with E-state index in [9.17, 15) is 44.3 Å². The molecule has 0 amide bonds. The van der Waals surface area contributed by atoms with Gasteiger partial charge in [-0.2, -0.15) is 39.5 Å². The van der Waals surface area contributed by atoms with Crippen molar-refractivity contribution in [2.45, 2.75) is 76.1 Å². The molecule has 3 nitrogen and oxygen atoms in total. The molecule has 0 N–H and O–H groups in total. The molecule has 0 bridgehead atoms. The van der Waals surface area contributed by atoms with Crippen molar-refractivity contribution in [1.29, 1.82) is 0 Å². The number of nitrogens with zero attached hydrogens (tertiary/aromatic N) is 1. The Balaban J connectivity index is 1.69. The summed E-state index contributed by atoms with van der Waals surface area (Å²) in [6, 6.07) is 0.712. The molecule has 1 saturated heterocycles. The van der Waals surface area contributed by atoms with Crippen LogP contribution in [0.3, 0.4) is 0 Å². The van der Waals surface area contributed by atoms with Crippen LogP contribution >= 0.6 is 0 Å². The van der Waals surface area contributed by atoms with Crippen molar-refractivity contribution in [1.82, 2.24) is 4.90 Å². The Morgan fingerprint density at radius 1 is 1.00 bits per heavy atom. The van der Waals surface area contributed by atoms with Crippen LogP contribution in [0, 0.1) is 17.3 Å². The fraction of sp³-hybridized carbons (Fsp3) is 0.607. The monoisotopic (exact) mass is 583 g/mol. The third kappa shape index (κ3) is 6.21. The van der Waals surface area contributed by atoms with Gasteiger partial charge in [-0.15, -0.1) is 0 Å². The molecule has 1 aliphatic heterocycles. The Bertz CT molecular complexity index is 1140. The van der Waals surface area contributed by atoms with E-state index in [1.165, 1.54) is 13.2 Å². The van der Waals surface area contributed by atoms with Gasteiger partial charge in [0, 0.05) is 12.6 Å². The SMILES string of the molecule is COC(=O)C1(C2CCN(Cc3cc(C(F)(F)F)ccc3C(F)(F)F)C([C@@H]3C=CC(C(F)(F)F)=CC3)C2)CCCC1. The number of likely N-dealkylation sites (tertiary alicyclic amines) is 1. The second kappa shape index (κ2) is 11.1. The first-order chi connectivity index (χ1) is 18.6. The Labute approximate surface area is 226 Å². The van der Waals surface area contributed by atoms with Crippen LogP contribution in [-0.4, -0.2) is 36.7 Å². The fourth-order valence-corrected chi connectivity index (χ4v) is 6.71. The Morgan fingerprint density at radius 3 is 2.20 bits per heavy atom. The summed E-state index contributed by atoms with van der Waals surface area (Å²) in [7, 11) is 1.29. The summed E-state index contributed by atoms with van der Waals surface area (Å²) >= 11 is 0. The van der Waals surface area contributed by atoms with E-state index in [1.54, 1.807) is 4.90 Å². The minimum Gasteiger partial charge on any atom is -0.469 e. The molecule has 3 aliphatic rings. The molecular weight excluding hydrogens is 553 g/mol. The molecule has 0 radical (unpaired) electrons. The summed E-state index contributed by atoms with van der Waals surface area (Å²) in [4.78, 5) is 14.5. The average molecular weight is 584 g/mol. The number of methoxy groups -OCH3 is 1. The second-order valence-electron chi connectivity index (χ2n) is 10.9. The molecule has 1 aromatic rings. The highest BCUT2D eigenvalue weighted by molar-refractivity contribution is 5.77. The predicted octanol–water partition coefficient (Wildman–Crippen LogP) is 8.10. The third-order valence-electron chi connectivity index (χ3n) is 8.69. The van der Waals surface area contributed by atoms with Crippen molar-refractivity contribution in [2.75, 3.05) is 13.7 Å². The number of allylic oxidation sites excluding steroid dienone is 3. The number of halogens is 9. The lowest BCUT2D eigenvalue weighted by molar-refractivity contribution is -0.158. The van der Waals surface area contributed by atoms with Crippen molar-refractivity contribution in [3.63, 3.8) is 0 Å². The summed E-state index contributed by atoms with van der Waals surface area (Å²) < 4.78 is 126. The molecule has 2 aliphatic carbocycles. The lowest BCUT2D eigenvalue weighted by Crippen LogP contribution is -2.51. The van der Waals surface area contributed by atoms with Crippen molar-refractivity contribution >= 4 is 5.97 Å². The van der Waals surface area contributed by atoms with E-state index in [-0.39, 0.29) is 24.9 Å². The maximum absolute atomic E-state index is 13.8. The van der Waals surface area contributed by atoms with Gasteiger partial charge in [0.05, 0.1) is 29.2 Å². The highest BCUT2D eigenvalue weighted by Gasteiger charge is 2.51. The lowest BCUT2D eigenvalue weighted by atomic mass is 9.66. The lowest BCUT2D eigenvalue weighted by Gasteiger charge is -2.48. The zero-order valence-electron chi connectivity index (χ0n) is 21.7. The zero-order chi connectivity index (χ0) is 29.5. The van der Waals surface area contributed by atoms with Gasteiger partial charge in [0.2, 0.25) is 0 Å². The van der Waals surface area contributed by atoms with Crippen molar-refractivity contribution < 1.29 is 49.0 Å². The first-order valence-electron chi connectivity index (χ1n) is 13.1. The first-order valence-corrected chi connectivity index (χ1v) is 13.1. The quantitative estimate of drug-likeness (QED) is 0.259. The number of hydrogen-bond donors (Lipinski definition) is 0. The molecule has 222 valence electrons. The Morgan fingerprint density at radius 2 is 1.68 bits per heavy atom. The van der Waals surface area contributed by atoms with Crippen LogP contribution in [0.1, 0.15) is 61.6 Å². The van der Waals surface area contributed by atoms with Gasteiger partial charge in [0.15, 0.2) is 0 Å². The van der Waals surface area contributed by atoms with Gasteiger partial charge in [-0.1, -0.05) is 31.1 Å². The molecule has 40 heavy (non-hydrogen) atoms. The number of carbonyl (C=O) groups is 1. The average Bonchev–Trinajstić information content (AvgIpc) is 3.38. The highest BCUT2D eigenvalue weighted by atomic mass is 19.4. The number of carbonyl (C=O) groups excluding carboxylic acids is 1. The minimum absolute atomic E-state index is 0.0425. The minimum atomic E-state index is -4.90. The van der Waals surface area contributed by atoms with Crippen LogP contribution in [0.25, 0.3) is 0 Å². The number of hydrogen-bond acceptors (Lipinski definition) is 3. The third-order valence-corrected chi connectivity index (χ3v) is 8.69. The van der Waals surface area contributed by atoms with Crippen molar-refractivity contribution in [3.05, 3.63) is 58.7 Å². The molecule has 2 unspecified atom stereocenters. The number of alkyl halides is 9. The molecule has 0 spiro atoms. The number of ether oxygens (including phenoxy) is 1. The molecule has 0 aromatic heterocycles. The Kier molecular flexibility index (Phi) is 8.42. The number of esters is 1. The zero-order valence-corrected chi connectivity index (χ0v) is 21.7. The highest BCUT2D eigenvalue weighted by Crippen LogP contribution is 2.51. The number of piperidine rings is 1. The first kappa shape index (κ1) is 30.5. The standard InChI is InChI=1S/C28H30F9NO2/c1-40-24(39)25(11-2-3-12-25)20-10-13-38(23(15-20)17-4-6-19(7-5-17)26(29,30)31)16-18-14-21(27(32,33)34)8-9-22(18)28(35,36)37/h4,6-9,14,17,20,23H,2-3,5,10-13,15-16H2,1H3/t17-,20?,23?/m1/s1. The van der Waals surface area contributed by atoms with Crippen LogP contribution in [0.2, 0.25) is 0 Å². The molecule has 1 aromatic carbocycles. The maximum atomic E-state index is 13.8. The van der Waals surface area contributed by atoms with Crippen LogP contribution in [0.5, 0.6) is 0 Å². The van der Waals surface area contributed by atoms with E-state index in [0.717, 1.165) is 25.0 Å². The van der Waals surface area contributed by atoms with E-state index >= 15 is 0 Å². The van der Waals surface area contributed by atoms with Crippen molar-refractivity contribution in [3.8, 4) is 0 Å². The van der Waals surface area contributed by atoms with Gasteiger partial charge in [0.1, 0.15) is 0 Å². The van der Waals surface area contributed by atoms with E-state index < -0.39 is 64.7 Å². The largest absolute Gasteiger partial charge is 0.469 e. The topological polar surface area (TPSA) is 29.5 Å². The Hall–Kier alpha value is -2.50. The van der Waals surface area contributed by atoms with Gasteiger partial charge in [-0.3, -0.25) is 9.69 Å². The predicted molar refractivity (Wildman–Crippen MR) is 128 cm³/mol. The van der Waals surface area contributed by atoms with Gasteiger partial charge in [-0.25, -0.2) is 0 Å². The summed E-state index contributed by atoms with van der Waals surface area (Å²) in [5.41, 5.74) is -4.59. The molecule has 4 rings (SSSR count). The van der Waals surface area contributed by atoms with Crippen LogP contribution in [0.15, 0.2) is 42.0 Å². The van der Waals surface area contributed by atoms with Crippen molar-refractivity contribution in [2.24, 2.45) is 17.3 Å². The molecule has 12 heteroatoms. The summed E-state index contributed by atoms with van der Waals surface area (Å²) in [6.45, 7) is -0.302. The van der Waals surface area contributed by atoms with E-state index in [0.29, 0.717) is 43.9 Å². The normalized spacial score (nSPS) is 26.1. The number of rotatable bonds is 5. The van der Waals surface area contributed by atoms with Gasteiger partial charge in [-0.05, 0) is 74.2 Å². The molecule has 1 heterocycles. The van der Waals surface area contributed by atoms with E-state index in [1.807, 2.05) is 0 Å². The summed E-state index contributed by atoms with van der Waals surface area (Å²) in [5.74, 6) is -1.14. The van der Waals surface area contributed by atoms with Crippen LogP contribution < -0.4 is 0 Å². The van der Waals surface area contributed by atoms with E-state index in [2.05, 4.69) is 0 Å². The molecule has 3 atom stereocenters. The fourth-order valence-electron chi connectivity index (χ4n) is 6.71. The van der Waals surface area contributed by atoms with Crippen LogP contribution in [-0.2, 0) is 28.4 Å². The maximum Gasteiger partial charge on any atom is 0.416 e. The molecular formula is C28H30F9NO2. The summed E-state index contributed by atoms with van der Waals surface area (Å²) in [5, 5.41) is 0. The molecule has 2 fully saturated rings. The van der Waals surface area contributed by atoms with Gasteiger partial charge in [0.25, 0.3) is 0 Å². The number of benzene rings is 1. The molecule has 1 saturated carbocycles.